The van der Waals surface area contributed by atoms with E-state index >= 15 is 0 Å². The van der Waals surface area contributed by atoms with Crippen molar-refractivity contribution >= 4 is 11.6 Å². The fourth-order valence-corrected chi connectivity index (χ4v) is 3.57. The van der Waals surface area contributed by atoms with Gasteiger partial charge in [-0.3, -0.25) is 4.98 Å². The molecule has 1 aliphatic carbocycles. The SMILES string of the molecule is C/C=C/C1CCC(c2ccc(-c3ccc(F)c(Cl)c3)nc2)CC1. The predicted molar refractivity (Wildman–Crippen MR) is 94.2 cm³/mol. The van der Waals surface area contributed by atoms with Gasteiger partial charge in [0.2, 0.25) is 0 Å². The van der Waals surface area contributed by atoms with Gasteiger partial charge < -0.3 is 0 Å². The number of pyridine rings is 1. The molecule has 1 nitrogen and oxygen atoms in total. The molecule has 2 aromatic rings. The predicted octanol–water partition coefficient (Wildman–Crippen LogP) is 6.39. The van der Waals surface area contributed by atoms with Crippen LogP contribution in [0.5, 0.6) is 0 Å². The minimum atomic E-state index is -0.398. The van der Waals surface area contributed by atoms with Crippen molar-refractivity contribution in [1.29, 1.82) is 0 Å². The molecule has 3 heteroatoms. The largest absolute Gasteiger partial charge is 0.256 e. The van der Waals surface area contributed by atoms with E-state index in [0.717, 1.165) is 17.2 Å². The Labute approximate surface area is 142 Å². The molecule has 0 N–H and O–H groups in total. The Kier molecular flexibility index (Phi) is 5.12. The Morgan fingerprint density at radius 1 is 1.13 bits per heavy atom. The normalized spacial score (nSPS) is 21.7. The number of halogens is 2. The second-order valence-electron chi connectivity index (χ2n) is 6.24. The van der Waals surface area contributed by atoms with Gasteiger partial charge in [-0.15, -0.1) is 0 Å². The summed E-state index contributed by atoms with van der Waals surface area (Å²) in [5.74, 6) is 0.949. The molecule has 23 heavy (non-hydrogen) atoms. The zero-order valence-corrected chi connectivity index (χ0v) is 14.1. The van der Waals surface area contributed by atoms with Crippen LogP contribution in [0, 0.1) is 11.7 Å². The van der Waals surface area contributed by atoms with E-state index in [0.29, 0.717) is 5.92 Å². The molecule has 0 bridgehead atoms. The van der Waals surface area contributed by atoms with Crippen molar-refractivity contribution in [2.75, 3.05) is 0 Å². The third-order valence-corrected chi connectivity index (χ3v) is 5.00. The van der Waals surface area contributed by atoms with Crippen LogP contribution in [-0.4, -0.2) is 4.98 Å². The van der Waals surface area contributed by atoms with Gasteiger partial charge in [-0.05, 0) is 74.3 Å². The monoisotopic (exact) mass is 329 g/mol. The molecule has 3 rings (SSSR count). The summed E-state index contributed by atoms with van der Waals surface area (Å²) in [5.41, 5.74) is 2.99. The Hall–Kier alpha value is -1.67. The van der Waals surface area contributed by atoms with E-state index < -0.39 is 5.82 Å². The van der Waals surface area contributed by atoms with Crippen LogP contribution in [0.2, 0.25) is 5.02 Å². The lowest BCUT2D eigenvalue weighted by Crippen LogP contribution is -2.11. The molecule has 0 unspecified atom stereocenters. The summed E-state index contributed by atoms with van der Waals surface area (Å²) >= 11 is 5.85. The molecule has 0 radical (unpaired) electrons. The lowest BCUT2D eigenvalue weighted by Gasteiger charge is -2.26. The van der Waals surface area contributed by atoms with E-state index in [9.17, 15) is 4.39 Å². The number of rotatable bonds is 3. The smallest absolute Gasteiger partial charge is 0.141 e. The highest BCUT2D eigenvalue weighted by Gasteiger charge is 2.21. The van der Waals surface area contributed by atoms with E-state index in [2.05, 4.69) is 30.1 Å². The number of allylic oxidation sites excluding steroid dienone is 2. The average Bonchev–Trinajstić information content (AvgIpc) is 2.59. The third-order valence-electron chi connectivity index (χ3n) is 4.71. The van der Waals surface area contributed by atoms with E-state index in [1.807, 2.05) is 12.3 Å². The van der Waals surface area contributed by atoms with Gasteiger partial charge in [0.05, 0.1) is 10.7 Å². The van der Waals surface area contributed by atoms with Crippen molar-refractivity contribution in [1.82, 2.24) is 4.98 Å². The van der Waals surface area contributed by atoms with E-state index in [4.69, 9.17) is 11.6 Å². The minimum Gasteiger partial charge on any atom is -0.256 e. The number of nitrogens with zero attached hydrogens (tertiary/aromatic N) is 1. The molecule has 1 aliphatic rings. The van der Waals surface area contributed by atoms with Crippen molar-refractivity contribution in [2.24, 2.45) is 5.92 Å². The molecular formula is C20H21ClFN. The van der Waals surface area contributed by atoms with Crippen LogP contribution in [0.1, 0.15) is 44.1 Å². The van der Waals surface area contributed by atoms with Crippen LogP contribution in [-0.2, 0) is 0 Å². The van der Waals surface area contributed by atoms with Gasteiger partial charge >= 0.3 is 0 Å². The molecule has 1 fully saturated rings. The molecule has 0 atom stereocenters. The van der Waals surface area contributed by atoms with Gasteiger partial charge in [-0.25, -0.2) is 4.39 Å². The van der Waals surface area contributed by atoms with E-state index in [1.54, 1.807) is 12.1 Å². The highest BCUT2D eigenvalue weighted by molar-refractivity contribution is 6.31. The Morgan fingerprint density at radius 3 is 2.52 bits per heavy atom. The molecular weight excluding hydrogens is 309 g/mol. The molecule has 1 aromatic heterocycles. The summed E-state index contributed by atoms with van der Waals surface area (Å²) in [6, 6.07) is 8.89. The molecule has 1 saturated carbocycles. The average molecular weight is 330 g/mol. The highest BCUT2D eigenvalue weighted by Crippen LogP contribution is 2.36. The van der Waals surface area contributed by atoms with Gasteiger partial charge in [-0.1, -0.05) is 29.8 Å². The van der Waals surface area contributed by atoms with Gasteiger partial charge in [0.15, 0.2) is 0 Å². The Bertz CT molecular complexity index is 685. The van der Waals surface area contributed by atoms with Gasteiger partial charge in [-0.2, -0.15) is 0 Å². The topological polar surface area (TPSA) is 12.9 Å². The van der Waals surface area contributed by atoms with Gasteiger partial charge in [0.25, 0.3) is 0 Å². The summed E-state index contributed by atoms with van der Waals surface area (Å²) in [6.45, 7) is 2.09. The van der Waals surface area contributed by atoms with Gasteiger partial charge in [0, 0.05) is 11.8 Å². The van der Waals surface area contributed by atoms with Crippen LogP contribution in [0.3, 0.4) is 0 Å². The van der Waals surface area contributed by atoms with Crippen molar-refractivity contribution in [3.63, 3.8) is 0 Å². The zero-order valence-electron chi connectivity index (χ0n) is 13.3. The Balaban J connectivity index is 1.71. The summed E-state index contributed by atoms with van der Waals surface area (Å²) in [5, 5.41) is 0.135. The first-order valence-corrected chi connectivity index (χ1v) is 8.59. The maximum atomic E-state index is 13.3. The first-order chi connectivity index (χ1) is 11.2. The lowest BCUT2D eigenvalue weighted by atomic mass is 9.79. The molecule has 1 aromatic carbocycles. The zero-order chi connectivity index (χ0) is 16.2. The lowest BCUT2D eigenvalue weighted by molar-refractivity contribution is 0.375. The van der Waals surface area contributed by atoms with Crippen LogP contribution in [0.25, 0.3) is 11.3 Å². The summed E-state index contributed by atoms with van der Waals surface area (Å²) in [6.07, 6.45) is 11.4. The molecule has 120 valence electrons. The van der Waals surface area contributed by atoms with Crippen molar-refractivity contribution in [2.45, 2.75) is 38.5 Å². The number of hydrogen-bond acceptors (Lipinski definition) is 1. The van der Waals surface area contributed by atoms with Crippen LogP contribution in [0.4, 0.5) is 4.39 Å². The minimum absolute atomic E-state index is 0.135. The second-order valence-corrected chi connectivity index (χ2v) is 6.65. The maximum Gasteiger partial charge on any atom is 0.141 e. The summed E-state index contributed by atoms with van der Waals surface area (Å²) < 4.78 is 13.3. The Morgan fingerprint density at radius 2 is 1.91 bits per heavy atom. The fraction of sp³-hybridized carbons (Fsp3) is 0.350. The van der Waals surface area contributed by atoms with Crippen molar-refractivity contribution in [3.8, 4) is 11.3 Å². The van der Waals surface area contributed by atoms with Gasteiger partial charge in [0.1, 0.15) is 5.82 Å². The van der Waals surface area contributed by atoms with Crippen LogP contribution in [0.15, 0.2) is 48.7 Å². The highest BCUT2D eigenvalue weighted by atomic mass is 35.5. The molecule has 1 heterocycles. The van der Waals surface area contributed by atoms with E-state index in [-0.39, 0.29) is 5.02 Å². The molecule has 0 aliphatic heterocycles. The first kappa shape index (κ1) is 16.2. The maximum absolute atomic E-state index is 13.3. The van der Waals surface area contributed by atoms with Crippen LogP contribution < -0.4 is 0 Å². The molecule has 0 saturated heterocycles. The second kappa shape index (κ2) is 7.27. The molecule has 0 spiro atoms. The summed E-state index contributed by atoms with van der Waals surface area (Å²) in [4.78, 5) is 4.56. The quantitative estimate of drug-likeness (QED) is 0.594. The van der Waals surface area contributed by atoms with Crippen molar-refractivity contribution in [3.05, 3.63) is 65.1 Å². The van der Waals surface area contributed by atoms with Crippen molar-refractivity contribution < 1.29 is 4.39 Å². The van der Waals surface area contributed by atoms with E-state index in [1.165, 1.54) is 37.3 Å². The third kappa shape index (κ3) is 3.81. The summed E-state index contributed by atoms with van der Waals surface area (Å²) in [7, 11) is 0. The first-order valence-electron chi connectivity index (χ1n) is 8.21. The standard InChI is InChI=1S/C20H21ClFN/c1-2-3-14-4-6-15(7-5-14)17-9-11-20(23-13-17)16-8-10-19(22)18(21)12-16/h2-3,8-15H,4-7H2,1H3/b3-2+. The van der Waals surface area contributed by atoms with Crippen LogP contribution >= 0.6 is 11.6 Å². The fourth-order valence-electron chi connectivity index (χ4n) is 3.39. The molecule has 0 amide bonds. The number of aromatic nitrogens is 1. The number of benzene rings is 1. The number of hydrogen-bond donors (Lipinski definition) is 0.